The van der Waals surface area contributed by atoms with Gasteiger partial charge < -0.3 is 19.8 Å². The van der Waals surface area contributed by atoms with Crippen LogP contribution in [0.5, 0.6) is 0 Å². The Morgan fingerprint density at radius 2 is 1.63 bits per heavy atom. The number of amides is 2. The molecule has 41 heavy (non-hydrogen) atoms. The van der Waals surface area contributed by atoms with Crippen molar-refractivity contribution < 1.29 is 27.9 Å². The molecule has 0 aliphatic carbocycles. The number of sulfonamides is 1. The summed E-state index contributed by atoms with van der Waals surface area (Å²) in [6.45, 7) is 3.79. The van der Waals surface area contributed by atoms with E-state index in [1.807, 2.05) is 25.9 Å². The van der Waals surface area contributed by atoms with Crippen LogP contribution in [0.25, 0.3) is 5.76 Å². The molecule has 3 aliphatic rings. The molecule has 2 aromatic rings. The van der Waals surface area contributed by atoms with Crippen LogP contribution in [-0.2, 0) is 29.9 Å². The molecule has 1 N–H and O–H groups in total. The summed E-state index contributed by atoms with van der Waals surface area (Å²) in [5.74, 6) is -2.79. The van der Waals surface area contributed by atoms with Crippen molar-refractivity contribution in [3.63, 3.8) is 0 Å². The topological polar surface area (TPSA) is 119 Å². The average Bonchev–Trinajstić information content (AvgIpc) is 3.35. The fraction of sp³-hybridized carbons (Fsp3) is 0.433. The largest absolute Gasteiger partial charge is 0.507 e. The van der Waals surface area contributed by atoms with Crippen molar-refractivity contribution in [2.45, 2.75) is 43.0 Å². The lowest BCUT2D eigenvalue weighted by molar-refractivity contribution is -0.143. The Hall–Kier alpha value is -3.54. The van der Waals surface area contributed by atoms with E-state index in [4.69, 9.17) is 0 Å². The van der Waals surface area contributed by atoms with Crippen molar-refractivity contribution >= 4 is 39.1 Å². The van der Waals surface area contributed by atoms with E-state index in [2.05, 4.69) is 0 Å². The lowest BCUT2D eigenvalue weighted by atomic mass is 9.82. The Morgan fingerprint density at radius 3 is 2.27 bits per heavy atom. The normalized spacial score (nSPS) is 22.8. The monoisotopic (exact) mass is 580 g/mol. The summed E-state index contributed by atoms with van der Waals surface area (Å²) < 4.78 is 27.8. The van der Waals surface area contributed by atoms with Crippen molar-refractivity contribution in [3.05, 3.63) is 65.2 Å². The molecule has 1 unspecified atom stereocenters. The van der Waals surface area contributed by atoms with Gasteiger partial charge in [-0.25, -0.2) is 8.42 Å². The molecule has 11 heteroatoms. The number of hydrogen-bond donors (Lipinski definition) is 1. The van der Waals surface area contributed by atoms with E-state index in [9.17, 15) is 27.9 Å². The van der Waals surface area contributed by atoms with Gasteiger partial charge in [0.25, 0.3) is 17.6 Å². The van der Waals surface area contributed by atoms with Crippen LogP contribution in [0.15, 0.2) is 59.0 Å². The number of likely N-dealkylation sites (tertiary alicyclic amines) is 1. The van der Waals surface area contributed by atoms with Crippen LogP contribution >= 0.6 is 0 Å². The molecule has 0 radical (unpaired) electrons. The molecule has 0 saturated carbocycles. The average molecular weight is 581 g/mol. The molecular weight excluding hydrogens is 544 g/mol. The molecule has 10 nitrogen and oxygen atoms in total. The minimum Gasteiger partial charge on any atom is -0.507 e. The number of likely N-dealkylation sites (N-methyl/N-ethyl adjacent to an activating group) is 1. The lowest BCUT2D eigenvalue weighted by Crippen LogP contribution is -2.52. The Balaban J connectivity index is 1.64. The van der Waals surface area contributed by atoms with E-state index in [1.54, 1.807) is 24.3 Å². The number of aliphatic hydroxyl groups excluding tert-OH is 1. The highest BCUT2D eigenvalue weighted by molar-refractivity contribution is 7.89. The maximum absolute atomic E-state index is 14.3. The van der Waals surface area contributed by atoms with Crippen LogP contribution in [0.2, 0.25) is 0 Å². The number of para-hydroxylation sites is 1. The van der Waals surface area contributed by atoms with Crippen LogP contribution in [0.1, 0.15) is 43.7 Å². The highest BCUT2D eigenvalue weighted by Crippen LogP contribution is 2.53. The number of nitrogens with zero attached hydrogens (tertiary/aromatic N) is 4. The summed E-state index contributed by atoms with van der Waals surface area (Å²) >= 11 is 0. The first kappa shape index (κ1) is 29.0. The Kier molecular flexibility index (Phi) is 7.80. The van der Waals surface area contributed by atoms with Gasteiger partial charge in [0.15, 0.2) is 5.54 Å². The van der Waals surface area contributed by atoms with E-state index in [1.165, 1.54) is 38.4 Å². The fourth-order valence-electron chi connectivity index (χ4n) is 6.21. The number of carbonyl (C=O) groups excluding carboxylic acids is 3. The van der Waals surface area contributed by atoms with Crippen molar-refractivity contribution in [1.29, 1.82) is 0 Å². The zero-order valence-electron chi connectivity index (χ0n) is 23.7. The zero-order chi connectivity index (χ0) is 29.5. The predicted molar refractivity (Wildman–Crippen MR) is 155 cm³/mol. The first-order valence-electron chi connectivity index (χ1n) is 14.0. The minimum atomic E-state index is -3.71. The maximum Gasteiger partial charge on any atom is 0.296 e. The van der Waals surface area contributed by atoms with Gasteiger partial charge >= 0.3 is 0 Å². The number of Topliss-reactive ketones (excluding diaryl/α,β-unsaturated/α-hetero) is 1. The number of benzene rings is 2. The molecule has 1 spiro atoms. The van der Waals surface area contributed by atoms with E-state index in [0.717, 1.165) is 19.3 Å². The molecule has 2 saturated heterocycles. The number of carbonyl (C=O) groups is 3. The smallest absolute Gasteiger partial charge is 0.296 e. The molecule has 2 fully saturated rings. The summed E-state index contributed by atoms with van der Waals surface area (Å²) in [6, 6.07) is 12.6. The number of aliphatic hydroxyl groups is 1. The molecule has 5 rings (SSSR count). The van der Waals surface area contributed by atoms with Gasteiger partial charge in [0.2, 0.25) is 10.0 Å². The van der Waals surface area contributed by atoms with E-state index in [-0.39, 0.29) is 22.6 Å². The minimum absolute atomic E-state index is 0.0780. The first-order valence-corrected chi connectivity index (χ1v) is 15.5. The van der Waals surface area contributed by atoms with Crippen molar-refractivity contribution in [2.75, 3.05) is 51.7 Å². The lowest BCUT2D eigenvalue weighted by Gasteiger charge is -2.34. The molecule has 218 valence electrons. The highest BCUT2D eigenvalue weighted by Gasteiger charge is 2.66. The Labute approximate surface area is 240 Å². The molecule has 0 bridgehead atoms. The van der Waals surface area contributed by atoms with Crippen molar-refractivity contribution in [1.82, 2.24) is 14.1 Å². The second-order valence-electron chi connectivity index (χ2n) is 10.9. The number of anilines is 1. The second-order valence-corrected chi connectivity index (χ2v) is 12.9. The van der Waals surface area contributed by atoms with Crippen LogP contribution in [0.4, 0.5) is 5.69 Å². The van der Waals surface area contributed by atoms with Gasteiger partial charge in [-0.1, -0.05) is 24.6 Å². The number of fused-ring (bicyclic) bond motifs is 2. The summed E-state index contributed by atoms with van der Waals surface area (Å²) in [7, 11) is 0.0842. The van der Waals surface area contributed by atoms with Gasteiger partial charge in [-0.3, -0.25) is 14.4 Å². The molecule has 0 aromatic heterocycles. The molecule has 1 atom stereocenters. The van der Waals surface area contributed by atoms with Gasteiger partial charge in [-0.05, 0) is 77.2 Å². The number of piperidine rings is 1. The van der Waals surface area contributed by atoms with Gasteiger partial charge in [0, 0.05) is 37.3 Å². The first-order chi connectivity index (χ1) is 19.6. The number of ketones is 1. The fourth-order valence-corrected chi connectivity index (χ4v) is 7.73. The third kappa shape index (κ3) is 4.56. The summed E-state index contributed by atoms with van der Waals surface area (Å²) in [4.78, 5) is 46.4. The number of rotatable bonds is 8. The molecular formula is C30H36N4O6S. The molecule has 3 aliphatic heterocycles. The van der Waals surface area contributed by atoms with Gasteiger partial charge in [-0.15, -0.1) is 0 Å². The van der Waals surface area contributed by atoms with Crippen molar-refractivity contribution in [3.8, 4) is 0 Å². The van der Waals surface area contributed by atoms with Crippen molar-refractivity contribution in [2.24, 2.45) is 0 Å². The van der Waals surface area contributed by atoms with Crippen LogP contribution in [-0.4, -0.2) is 92.0 Å². The number of hydrogen-bond acceptors (Lipinski definition) is 7. The van der Waals surface area contributed by atoms with Crippen LogP contribution in [0.3, 0.4) is 0 Å². The Morgan fingerprint density at radius 1 is 0.976 bits per heavy atom. The summed E-state index contributed by atoms with van der Waals surface area (Å²) in [5.41, 5.74) is -0.938. The molecule has 2 aromatic carbocycles. The third-order valence-electron chi connectivity index (χ3n) is 8.19. The SMILES string of the molecule is CCN1C(=O)C2(C(=C(O)c3ccc(S(=O)(=O)N4CCCCC4)cc3)C(=O)C(=O)N2CCCN(C)C)c2ccccc21. The summed E-state index contributed by atoms with van der Waals surface area (Å²) in [6.07, 6.45) is 3.10. The van der Waals surface area contributed by atoms with Gasteiger partial charge in [0.05, 0.1) is 16.2 Å². The molecule has 2 amide bonds. The van der Waals surface area contributed by atoms with Crippen LogP contribution in [0, 0.1) is 0 Å². The van der Waals surface area contributed by atoms with E-state index < -0.39 is 38.9 Å². The Bertz CT molecular complexity index is 1510. The third-order valence-corrected chi connectivity index (χ3v) is 10.1. The quantitative estimate of drug-likeness (QED) is 0.290. The van der Waals surface area contributed by atoms with Gasteiger partial charge in [0.1, 0.15) is 5.76 Å². The maximum atomic E-state index is 14.3. The van der Waals surface area contributed by atoms with Gasteiger partial charge in [-0.2, -0.15) is 4.31 Å². The van der Waals surface area contributed by atoms with E-state index in [0.29, 0.717) is 43.9 Å². The van der Waals surface area contributed by atoms with E-state index >= 15 is 0 Å². The van der Waals surface area contributed by atoms with Crippen LogP contribution < -0.4 is 4.90 Å². The zero-order valence-corrected chi connectivity index (χ0v) is 24.5. The standard InChI is InChI=1S/C30H36N4O6S/c1-4-33-24-12-7-6-11-23(24)30(29(33)38)25(27(36)28(37)34(30)20-10-17-31(2)3)26(35)21-13-15-22(16-14-21)41(39,40)32-18-8-5-9-19-32/h6-7,11-16,35H,4-5,8-10,17-20H2,1-3H3. The second kappa shape index (κ2) is 11.0. The molecule has 3 heterocycles. The summed E-state index contributed by atoms with van der Waals surface area (Å²) in [5, 5.41) is 11.7. The predicted octanol–water partition coefficient (Wildman–Crippen LogP) is 2.76. The highest BCUT2D eigenvalue weighted by atomic mass is 32.2.